The van der Waals surface area contributed by atoms with Crippen LogP contribution < -0.4 is 10.5 Å². The number of sulfonamides is 1. The van der Waals surface area contributed by atoms with Crippen molar-refractivity contribution in [3.8, 4) is 0 Å². The molecule has 9 heteroatoms. The quantitative estimate of drug-likeness (QED) is 0.815. The van der Waals surface area contributed by atoms with Gasteiger partial charge >= 0.3 is 0 Å². The van der Waals surface area contributed by atoms with Crippen molar-refractivity contribution in [3.63, 3.8) is 0 Å². The second-order valence-electron chi connectivity index (χ2n) is 4.15. The van der Waals surface area contributed by atoms with E-state index in [9.17, 15) is 13.2 Å². The standard InChI is InChI=1S/C10H15N3O3S2.ClH/c11-8-3-4-13(7-8)9(14)6-12-18(15,16)10-2-1-5-17-10;/h1-2,5,8,12H,3-4,6-7,11H2;1H/t8-;/m1./s1. The van der Waals surface area contributed by atoms with Gasteiger partial charge in [-0.3, -0.25) is 4.79 Å². The Morgan fingerprint density at radius 2 is 2.32 bits per heavy atom. The molecule has 6 nitrogen and oxygen atoms in total. The fraction of sp³-hybridized carbons (Fsp3) is 0.500. The zero-order valence-electron chi connectivity index (χ0n) is 10.1. The maximum atomic E-state index is 11.8. The molecule has 1 aromatic rings. The number of carbonyl (C=O) groups is 1. The first-order valence-corrected chi connectivity index (χ1v) is 7.92. The number of thiophene rings is 1. The summed E-state index contributed by atoms with van der Waals surface area (Å²) >= 11 is 1.12. The Hall–Kier alpha value is -0.670. The number of nitrogens with zero attached hydrogens (tertiary/aromatic N) is 1. The first kappa shape index (κ1) is 16.4. The molecule has 1 amide bonds. The van der Waals surface area contributed by atoms with E-state index in [0.717, 1.165) is 17.8 Å². The minimum absolute atomic E-state index is 0. The van der Waals surface area contributed by atoms with Gasteiger partial charge in [-0.2, -0.15) is 0 Å². The number of rotatable bonds is 4. The molecule has 19 heavy (non-hydrogen) atoms. The van der Waals surface area contributed by atoms with Crippen LogP contribution in [0.3, 0.4) is 0 Å². The number of nitrogens with one attached hydrogen (secondary N) is 1. The Morgan fingerprint density at radius 3 is 2.84 bits per heavy atom. The SMILES string of the molecule is Cl.N[C@@H]1CCN(C(=O)CNS(=O)(=O)c2cccs2)C1. The van der Waals surface area contributed by atoms with Crippen LogP contribution in [0.15, 0.2) is 21.7 Å². The van der Waals surface area contributed by atoms with E-state index in [4.69, 9.17) is 5.73 Å². The molecular weight excluding hydrogens is 310 g/mol. The van der Waals surface area contributed by atoms with Gasteiger partial charge in [0.1, 0.15) is 4.21 Å². The van der Waals surface area contributed by atoms with Crippen LogP contribution in [-0.2, 0) is 14.8 Å². The van der Waals surface area contributed by atoms with E-state index < -0.39 is 10.0 Å². The summed E-state index contributed by atoms with van der Waals surface area (Å²) < 4.78 is 26.1. The van der Waals surface area contributed by atoms with Crippen LogP contribution in [-0.4, -0.2) is 44.9 Å². The lowest BCUT2D eigenvalue weighted by Gasteiger charge is -2.15. The Balaban J connectivity index is 0.00000180. The largest absolute Gasteiger partial charge is 0.340 e. The highest BCUT2D eigenvalue weighted by Gasteiger charge is 2.25. The molecule has 1 aliphatic heterocycles. The third-order valence-corrected chi connectivity index (χ3v) is 5.55. The van der Waals surface area contributed by atoms with E-state index in [0.29, 0.717) is 13.1 Å². The van der Waals surface area contributed by atoms with Gasteiger partial charge in [0.2, 0.25) is 5.91 Å². The zero-order valence-corrected chi connectivity index (χ0v) is 12.6. The molecule has 1 fully saturated rings. The highest BCUT2D eigenvalue weighted by molar-refractivity contribution is 7.91. The summed E-state index contributed by atoms with van der Waals surface area (Å²) in [7, 11) is -3.57. The van der Waals surface area contributed by atoms with Crippen molar-refractivity contribution in [2.75, 3.05) is 19.6 Å². The minimum atomic E-state index is -3.57. The molecule has 108 valence electrons. The van der Waals surface area contributed by atoms with Crippen LogP contribution in [0.25, 0.3) is 0 Å². The smallest absolute Gasteiger partial charge is 0.250 e. The average molecular weight is 326 g/mol. The Bertz CT molecular complexity index is 518. The van der Waals surface area contributed by atoms with Crippen LogP contribution in [0.4, 0.5) is 0 Å². The summed E-state index contributed by atoms with van der Waals surface area (Å²) in [4.78, 5) is 13.3. The van der Waals surface area contributed by atoms with E-state index in [2.05, 4.69) is 4.72 Å². The number of amides is 1. The van der Waals surface area contributed by atoms with Crippen LogP contribution in [0.2, 0.25) is 0 Å². The third-order valence-electron chi connectivity index (χ3n) is 2.75. The van der Waals surface area contributed by atoms with E-state index in [1.54, 1.807) is 16.3 Å². The van der Waals surface area contributed by atoms with Crippen molar-refractivity contribution in [1.29, 1.82) is 0 Å². The fourth-order valence-electron chi connectivity index (χ4n) is 1.77. The lowest BCUT2D eigenvalue weighted by Crippen LogP contribution is -2.39. The van der Waals surface area contributed by atoms with Gasteiger partial charge in [0.25, 0.3) is 10.0 Å². The number of halogens is 1. The van der Waals surface area contributed by atoms with Crippen LogP contribution in [0.1, 0.15) is 6.42 Å². The van der Waals surface area contributed by atoms with Crippen molar-refractivity contribution >= 4 is 39.7 Å². The maximum Gasteiger partial charge on any atom is 0.250 e. The van der Waals surface area contributed by atoms with E-state index in [1.165, 1.54) is 6.07 Å². The summed E-state index contributed by atoms with van der Waals surface area (Å²) in [5.74, 6) is -0.233. The van der Waals surface area contributed by atoms with Crippen molar-refractivity contribution < 1.29 is 13.2 Å². The molecule has 3 N–H and O–H groups in total. The van der Waals surface area contributed by atoms with E-state index >= 15 is 0 Å². The van der Waals surface area contributed by atoms with Gasteiger partial charge in [0.05, 0.1) is 6.54 Å². The van der Waals surface area contributed by atoms with Crippen molar-refractivity contribution in [2.24, 2.45) is 5.73 Å². The summed E-state index contributed by atoms with van der Waals surface area (Å²) in [5, 5.41) is 1.68. The molecule has 1 atom stereocenters. The van der Waals surface area contributed by atoms with Gasteiger partial charge in [-0.15, -0.1) is 23.7 Å². The molecule has 0 aliphatic carbocycles. The van der Waals surface area contributed by atoms with Gasteiger partial charge in [0, 0.05) is 19.1 Å². The maximum absolute atomic E-state index is 11.8. The number of carbonyl (C=O) groups excluding carboxylic acids is 1. The van der Waals surface area contributed by atoms with Crippen molar-refractivity contribution in [2.45, 2.75) is 16.7 Å². The van der Waals surface area contributed by atoms with Crippen molar-refractivity contribution in [1.82, 2.24) is 9.62 Å². The molecule has 0 spiro atoms. The number of nitrogens with two attached hydrogens (primary N) is 1. The highest BCUT2D eigenvalue weighted by atomic mass is 35.5. The van der Waals surface area contributed by atoms with E-state index in [-0.39, 0.29) is 35.1 Å². The molecule has 2 rings (SSSR count). The van der Waals surface area contributed by atoms with Gasteiger partial charge < -0.3 is 10.6 Å². The average Bonchev–Trinajstić information content (AvgIpc) is 2.96. The van der Waals surface area contributed by atoms with Gasteiger partial charge in [-0.05, 0) is 17.9 Å². The normalized spacial score (nSPS) is 19.2. The van der Waals surface area contributed by atoms with Gasteiger partial charge in [0.15, 0.2) is 0 Å². The number of hydrogen-bond donors (Lipinski definition) is 2. The summed E-state index contributed by atoms with van der Waals surface area (Å²) in [5.41, 5.74) is 5.69. The second-order valence-corrected chi connectivity index (χ2v) is 7.09. The lowest BCUT2D eigenvalue weighted by molar-refractivity contribution is -0.128. The highest BCUT2D eigenvalue weighted by Crippen LogP contribution is 2.15. The first-order chi connectivity index (χ1) is 8.49. The molecule has 0 radical (unpaired) electrons. The zero-order chi connectivity index (χ0) is 13.2. The Morgan fingerprint density at radius 1 is 1.58 bits per heavy atom. The number of hydrogen-bond acceptors (Lipinski definition) is 5. The third kappa shape index (κ3) is 4.15. The lowest BCUT2D eigenvalue weighted by atomic mass is 10.3. The monoisotopic (exact) mass is 325 g/mol. The topological polar surface area (TPSA) is 92.5 Å². The summed E-state index contributed by atoms with van der Waals surface area (Å²) in [6, 6.07) is 3.16. The van der Waals surface area contributed by atoms with Crippen LogP contribution in [0, 0.1) is 0 Å². The van der Waals surface area contributed by atoms with E-state index in [1.807, 2.05) is 0 Å². The van der Waals surface area contributed by atoms with Gasteiger partial charge in [-0.1, -0.05) is 6.07 Å². The Kier molecular flexibility index (Phi) is 5.75. The first-order valence-electron chi connectivity index (χ1n) is 5.55. The molecule has 1 saturated heterocycles. The molecule has 1 aromatic heterocycles. The molecular formula is C10H16ClN3O3S2. The van der Waals surface area contributed by atoms with Crippen LogP contribution >= 0.6 is 23.7 Å². The minimum Gasteiger partial charge on any atom is -0.340 e. The van der Waals surface area contributed by atoms with Crippen molar-refractivity contribution in [3.05, 3.63) is 17.5 Å². The summed E-state index contributed by atoms with van der Waals surface area (Å²) in [6.07, 6.45) is 0.767. The van der Waals surface area contributed by atoms with Crippen LogP contribution in [0.5, 0.6) is 0 Å². The second kappa shape index (κ2) is 6.67. The molecule has 0 saturated carbocycles. The Labute approximate surface area is 122 Å². The predicted molar refractivity (Wildman–Crippen MR) is 75.9 cm³/mol. The molecule has 1 aliphatic rings. The molecule has 0 aromatic carbocycles. The van der Waals surface area contributed by atoms with Gasteiger partial charge in [-0.25, -0.2) is 13.1 Å². The molecule has 0 bridgehead atoms. The predicted octanol–water partition coefficient (Wildman–Crippen LogP) is 0.00780. The fourth-order valence-corrected chi connectivity index (χ4v) is 3.78. The molecule has 0 unspecified atom stereocenters. The number of likely N-dealkylation sites (tertiary alicyclic amines) is 1. The summed E-state index contributed by atoms with van der Waals surface area (Å²) in [6.45, 7) is 0.882. The molecule has 2 heterocycles.